The Morgan fingerprint density at radius 1 is 1.35 bits per heavy atom. The van der Waals surface area contributed by atoms with Gasteiger partial charge in [-0.3, -0.25) is 4.98 Å². The summed E-state index contributed by atoms with van der Waals surface area (Å²) in [6.07, 6.45) is 9.63. The van der Waals surface area contributed by atoms with Crippen molar-refractivity contribution < 1.29 is 0 Å². The first-order valence-corrected chi connectivity index (χ1v) is 6.14. The lowest BCUT2D eigenvalue weighted by Gasteiger charge is -2.07. The maximum atomic E-state index is 6.18. The lowest BCUT2D eigenvalue weighted by molar-refractivity contribution is 0.723. The molecule has 0 amide bonds. The summed E-state index contributed by atoms with van der Waals surface area (Å²) in [5, 5.41) is 7.25. The Balaban J connectivity index is 1.93. The van der Waals surface area contributed by atoms with E-state index in [-0.39, 0.29) is 6.04 Å². The first-order valence-electron chi connectivity index (χ1n) is 5.26. The molecule has 0 radical (unpaired) electrons. The highest BCUT2D eigenvalue weighted by Crippen LogP contribution is 2.20. The lowest BCUT2D eigenvalue weighted by Crippen LogP contribution is -2.13. The zero-order valence-electron chi connectivity index (χ0n) is 9.02. The van der Waals surface area contributed by atoms with E-state index in [9.17, 15) is 0 Å². The Labute approximate surface area is 102 Å². The van der Waals surface area contributed by atoms with Crippen LogP contribution >= 0.6 is 11.3 Å². The van der Waals surface area contributed by atoms with Crippen LogP contribution < -0.4 is 5.73 Å². The van der Waals surface area contributed by atoms with E-state index in [4.69, 9.17) is 5.73 Å². The van der Waals surface area contributed by atoms with Gasteiger partial charge in [0.25, 0.3) is 0 Å². The predicted octanol–water partition coefficient (Wildman–Crippen LogP) is 1.43. The van der Waals surface area contributed by atoms with Crippen molar-refractivity contribution >= 4 is 16.9 Å². The summed E-state index contributed by atoms with van der Waals surface area (Å²) in [5.41, 5.74) is 8.15. The molecular formula is C11H11N5S. The van der Waals surface area contributed by atoms with Crippen molar-refractivity contribution in [1.29, 1.82) is 0 Å². The van der Waals surface area contributed by atoms with E-state index < -0.39 is 0 Å². The maximum absolute atomic E-state index is 6.18. The number of rotatable bonds is 3. The molecule has 2 N–H and O–H groups in total. The largest absolute Gasteiger partial charge is 0.323 e. The van der Waals surface area contributed by atoms with Crippen LogP contribution in [0.5, 0.6) is 0 Å². The van der Waals surface area contributed by atoms with Gasteiger partial charge in [0.2, 0.25) is 0 Å². The summed E-state index contributed by atoms with van der Waals surface area (Å²) < 4.78 is 1.78. The minimum Gasteiger partial charge on any atom is -0.323 e. The van der Waals surface area contributed by atoms with E-state index >= 15 is 0 Å². The van der Waals surface area contributed by atoms with Gasteiger partial charge < -0.3 is 5.73 Å². The quantitative estimate of drug-likeness (QED) is 0.758. The van der Waals surface area contributed by atoms with E-state index in [1.807, 2.05) is 11.6 Å². The monoisotopic (exact) mass is 245 g/mol. The minimum absolute atomic E-state index is 0.0946. The first kappa shape index (κ1) is 10.4. The van der Waals surface area contributed by atoms with Crippen LogP contribution in [0.4, 0.5) is 0 Å². The number of fused-ring (bicyclic) bond motifs is 1. The molecule has 86 valence electrons. The third-order valence-electron chi connectivity index (χ3n) is 2.63. The van der Waals surface area contributed by atoms with Crippen LogP contribution in [-0.4, -0.2) is 19.6 Å². The highest BCUT2D eigenvalue weighted by molar-refractivity contribution is 7.09. The topological polar surface area (TPSA) is 69.1 Å². The van der Waals surface area contributed by atoms with Crippen LogP contribution in [0, 0.1) is 0 Å². The summed E-state index contributed by atoms with van der Waals surface area (Å²) in [4.78, 5) is 8.34. The van der Waals surface area contributed by atoms with Gasteiger partial charge in [-0.05, 0) is 0 Å². The van der Waals surface area contributed by atoms with Gasteiger partial charge in [0.1, 0.15) is 0 Å². The summed E-state index contributed by atoms with van der Waals surface area (Å²) in [5.74, 6) is 0. The zero-order chi connectivity index (χ0) is 11.7. The smallest absolute Gasteiger partial charge is 0.0943 e. The molecule has 3 aromatic heterocycles. The van der Waals surface area contributed by atoms with Gasteiger partial charge in [-0.2, -0.15) is 5.10 Å². The fraction of sp³-hybridized carbons (Fsp3) is 0.182. The second-order valence-electron chi connectivity index (χ2n) is 3.74. The molecule has 0 aliphatic rings. The van der Waals surface area contributed by atoms with Crippen molar-refractivity contribution in [3.05, 3.63) is 46.9 Å². The highest BCUT2D eigenvalue weighted by atomic mass is 32.1. The van der Waals surface area contributed by atoms with Crippen LogP contribution in [0.3, 0.4) is 0 Å². The molecule has 0 saturated carbocycles. The molecule has 0 aliphatic heterocycles. The predicted molar refractivity (Wildman–Crippen MR) is 65.7 cm³/mol. The minimum atomic E-state index is -0.0946. The Morgan fingerprint density at radius 3 is 3.12 bits per heavy atom. The molecule has 0 aliphatic carbocycles. The van der Waals surface area contributed by atoms with E-state index in [0.29, 0.717) is 0 Å². The summed E-state index contributed by atoms with van der Waals surface area (Å²) in [7, 11) is 0. The van der Waals surface area contributed by atoms with Gasteiger partial charge in [0, 0.05) is 42.0 Å². The maximum Gasteiger partial charge on any atom is 0.0943 e. The highest BCUT2D eigenvalue weighted by Gasteiger charge is 2.13. The first-order chi connectivity index (χ1) is 8.34. The Morgan fingerprint density at radius 2 is 2.29 bits per heavy atom. The molecule has 3 heterocycles. The van der Waals surface area contributed by atoms with Gasteiger partial charge in [0.15, 0.2) is 0 Å². The zero-order valence-corrected chi connectivity index (χ0v) is 9.84. The van der Waals surface area contributed by atoms with Crippen molar-refractivity contribution in [2.75, 3.05) is 0 Å². The average molecular weight is 245 g/mol. The van der Waals surface area contributed by atoms with Crippen LogP contribution in [0.2, 0.25) is 0 Å². The SMILES string of the molecule is NC(Cc1nccs1)c1cnn2ccncc12. The lowest BCUT2D eigenvalue weighted by atomic mass is 10.1. The number of hydrogen-bond donors (Lipinski definition) is 1. The number of nitrogens with two attached hydrogens (primary N) is 1. The van der Waals surface area contributed by atoms with E-state index in [1.54, 1.807) is 40.6 Å². The van der Waals surface area contributed by atoms with Gasteiger partial charge in [0.05, 0.1) is 22.9 Å². The molecule has 5 nitrogen and oxygen atoms in total. The summed E-state index contributed by atoms with van der Waals surface area (Å²) in [6.45, 7) is 0. The molecule has 1 atom stereocenters. The van der Waals surface area contributed by atoms with Crippen molar-refractivity contribution in [3.63, 3.8) is 0 Å². The standard InChI is InChI=1S/C11H11N5S/c12-9(5-11-14-2-4-17-11)8-6-15-16-3-1-13-7-10(8)16/h1-4,6-7,9H,5,12H2. The molecule has 1 unspecified atom stereocenters. The van der Waals surface area contributed by atoms with Crippen molar-refractivity contribution in [2.45, 2.75) is 12.5 Å². The fourth-order valence-electron chi connectivity index (χ4n) is 1.79. The molecule has 0 fully saturated rings. The molecule has 0 spiro atoms. The Kier molecular flexibility index (Phi) is 2.58. The number of aromatic nitrogens is 4. The second kappa shape index (κ2) is 4.23. The van der Waals surface area contributed by atoms with Crippen molar-refractivity contribution in [2.24, 2.45) is 5.73 Å². The van der Waals surface area contributed by atoms with E-state index in [2.05, 4.69) is 15.1 Å². The molecule has 0 saturated heterocycles. The Hall–Kier alpha value is -1.79. The van der Waals surface area contributed by atoms with Crippen LogP contribution in [-0.2, 0) is 6.42 Å². The summed E-state index contributed by atoms with van der Waals surface area (Å²) >= 11 is 1.62. The normalized spacial score (nSPS) is 13.0. The van der Waals surface area contributed by atoms with Gasteiger partial charge in [-0.15, -0.1) is 11.3 Å². The third kappa shape index (κ3) is 1.92. The number of thiazole rings is 1. The molecule has 3 rings (SSSR count). The van der Waals surface area contributed by atoms with Crippen LogP contribution in [0.25, 0.3) is 5.52 Å². The third-order valence-corrected chi connectivity index (χ3v) is 3.43. The molecule has 3 aromatic rings. The molecular weight excluding hydrogens is 234 g/mol. The average Bonchev–Trinajstić information content (AvgIpc) is 2.96. The van der Waals surface area contributed by atoms with Crippen LogP contribution in [0.1, 0.15) is 16.6 Å². The molecule has 0 bridgehead atoms. The van der Waals surface area contributed by atoms with Gasteiger partial charge in [-0.25, -0.2) is 9.50 Å². The number of hydrogen-bond acceptors (Lipinski definition) is 5. The van der Waals surface area contributed by atoms with Crippen LogP contribution in [0.15, 0.2) is 36.4 Å². The van der Waals surface area contributed by atoms with Gasteiger partial charge in [-0.1, -0.05) is 0 Å². The molecule has 17 heavy (non-hydrogen) atoms. The molecule has 6 heteroatoms. The molecule has 0 aromatic carbocycles. The van der Waals surface area contributed by atoms with E-state index in [0.717, 1.165) is 22.5 Å². The van der Waals surface area contributed by atoms with Crippen molar-refractivity contribution in [1.82, 2.24) is 19.6 Å². The fourth-order valence-corrected chi connectivity index (χ4v) is 2.47. The van der Waals surface area contributed by atoms with E-state index in [1.165, 1.54) is 0 Å². The number of nitrogens with zero attached hydrogens (tertiary/aromatic N) is 4. The summed E-state index contributed by atoms with van der Waals surface area (Å²) in [6, 6.07) is -0.0946. The van der Waals surface area contributed by atoms with Gasteiger partial charge >= 0.3 is 0 Å². The van der Waals surface area contributed by atoms with Crippen molar-refractivity contribution in [3.8, 4) is 0 Å². The Bertz CT molecular complexity index is 616. The second-order valence-corrected chi connectivity index (χ2v) is 4.72.